The maximum Gasteiger partial charge on any atom is 0.223 e. The SMILES string of the molecule is CCC(C)C(=O)NC1(CBr)CCOCC1. The Bertz CT molecular complexity index is 215. The first-order chi connectivity index (χ1) is 7.13. The van der Waals surface area contributed by atoms with Gasteiger partial charge in [0.05, 0.1) is 5.54 Å². The van der Waals surface area contributed by atoms with Gasteiger partial charge in [0.1, 0.15) is 0 Å². The van der Waals surface area contributed by atoms with Crippen LogP contribution in [0.4, 0.5) is 0 Å². The predicted octanol–water partition coefficient (Wildman–Crippen LogP) is 2.09. The van der Waals surface area contributed by atoms with Crippen molar-refractivity contribution in [3.8, 4) is 0 Å². The molecule has 4 heteroatoms. The molecule has 1 rings (SSSR count). The van der Waals surface area contributed by atoms with E-state index >= 15 is 0 Å². The number of carbonyl (C=O) groups is 1. The van der Waals surface area contributed by atoms with E-state index in [-0.39, 0.29) is 17.4 Å². The van der Waals surface area contributed by atoms with Crippen molar-refractivity contribution in [3.05, 3.63) is 0 Å². The monoisotopic (exact) mass is 277 g/mol. The Morgan fingerprint density at radius 2 is 2.13 bits per heavy atom. The Morgan fingerprint density at radius 3 is 2.60 bits per heavy atom. The van der Waals surface area contributed by atoms with E-state index in [0.717, 1.165) is 37.8 Å². The number of hydrogen-bond donors (Lipinski definition) is 1. The van der Waals surface area contributed by atoms with Crippen LogP contribution in [0.5, 0.6) is 0 Å². The number of alkyl halides is 1. The lowest BCUT2D eigenvalue weighted by Gasteiger charge is -2.37. The van der Waals surface area contributed by atoms with Gasteiger partial charge >= 0.3 is 0 Å². The van der Waals surface area contributed by atoms with Crippen molar-refractivity contribution in [3.63, 3.8) is 0 Å². The molecule has 1 aliphatic rings. The van der Waals surface area contributed by atoms with E-state index in [1.165, 1.54) is 0 Å². The van der Waals surface area contributed by atoms with Crippen LogP contribution in [0.15, 0.2) is 0 Å². The second kappa shape index (κ2) is 5.85. The first-order valence-corrected chi connectivity index (χ1v) is 6.71. The highest BCUT2D eigenvalue weighted by Crippen LogP contribution is 2.23. The second-order valence-corrected chi connectivity index (χ2v) is 4.89. The fourth-order valence-electron chi connectivity index (χ4n) is 1.62. The summed E-state index contributed by atoms with van der Waals surface area (Å²) in [6, 6.07) is 0. The van der Waals surface area contributed by atoms with Gasteiger partial charge in [0, 0.05) is 24.5 Å². The third-order valence-electron chi connectivity index (χ3n) is 3.15. The smallest absolute Gasteiger partial charge is 0.223 e. The number of hydrogen-bond acceptors (Lipinski definition) is 2. The molecule has 3 nitrogen and oxygen atoms in total. The molecule has 1 fully saturated rings. The number of carbonyl (C=O) groups excluding carboxylic acids is 1. The molecule has 1 unspecified atom stereocenters. The molecular weight excluding hydrogens is 258 g/mol. The summed E-state index contributed by atoms with van der Waals surface area (Å²) in [5, 5.41) is 3.98. The van der Waals surface area contributed by atoms with Crippen molar-refractivity contribution >= 4 is 21.8 Å². The van der Waals surface area contributed by atoms with E-state index < -0.39 is 0 Å². The topological polar surface area (TPSA) is 38.3 Å². The van der Waals surface area contributed by atoms with Gasteiger partial charge in [-0.25, -0.2) is 0 Å². The molecule has 0 bridgehead atoms. The molecule has 0 spiro atoms. The Kier molecular flexibility index (Phi) is 5.06. The van der Waals surface area contributed by atoms with Crippen molar-refractivity contribution in [2.75, 3.05) is 18.5 Å². The van der Waals surface area contributed by atoms with E-state index in [1.807, 2.05) is 13.8 Å². The number of nitrogens with one attached hydrogen (secondary N) is 1. The molecule has 0 radical (unpaired) electrons. The van der Waals surface area contributed by atoms with Gasteiger partial charge in [-0.1, -0.05) is 29.8 Å². The lowest BCUT2D eigenvalue weighted by molar-refractivity contribution is -0.127. The van der Waals surface area contributed by atoms with Crippen molar-refractivity contribution < 1.29 is 9.53 Å². The van der Waals surface area contributed by atoms with Crippen LogP contribution in [0.3, 0.4) is 0 Å². The Morgan fingerprint density at radius 1 is 1.53 bits per heavy atom. The molecule has 0 aromatic heterocycles. The second-order valence-electron chi connectivity index (χ2n) is 4.32. The summed E-state index contributed by atoms with van der Waals surface area (Å²) in [6.45, 7) is 5.49. The maximum atomic E-state index is 11.8. The van der Waals surface area contributed by atoms with Gasteiger partial charge in [-0.05, 0) is 19.3 Å². The molecule has 1 aliphatic heterocycles. The van der Waals surface area contributed by atoms with Crippen LogP contribution in [0.1, 0.15) is 33.1 Å². The van der Waals surface area contributed by atoms with Crippen LogP contribution >= 0.6 is 15.9 Å². The zero-order valence-corrected chi connectivity index (χ0v) is 11.1. The molecule has 0 aliphatic carbocycles. The molecule has 1 heterocycles. The molecule has 15 heavy (non-hydrogen) atoms. The quantitative estimate of drug-likeness (QED) is 0.800. The fourth-order valence-corrected chi connectivity index (χ4v) is 2.33. The normalized spacial score (nSPS) is 22.1. The summed E-state index contributed by atoms with van der Waals surface area (Å²) in [7, 11) is 0. The van der Waals surface area contributed by atoms with Crippen LogP contribution in [-0.2, 0) is 9.53 Å². The summed E-state index contributed by atoms with van der Waals surface area (Å²) in [6.07, 6.45) is 2.70. The molecular formula is C11H20BrNO2. The van der Waals surface area contributed by atoms with Crippen LogP contribution in [0, 0.1) is 5.92 Å². The first-order valence-electron chi connectivity index (χ1n) is 5.59. The zero-order chi connectivity index (χ0) is 11.3. The average Bonchev–Trinajstić information content (AvgIpc) is 2.29. The van der Waals surface area contributed by atoms with Gasteiger partial charge in [0.2, 0.25) is 5.91 Å². The van der Waals surface area contributed by atoms with Gasteiger partial charge in [-0.15, -0.1) is 0 Å². The summed E-state index contributed by atoms with van der Waals surface area (Å²) in [5.74, 6) is 0.266. The van der Waals surface area contributed by atoms with E-state index in [4.69, 9.17) is 4.74 Å². The Balaban J connectivity index is 2.55. The number of rotatable bonds is 4. The number of amides is 1. The average molecular weight is 278 g/mol. The van der Waals surface area contributed by atoms with Gasteiger partial charge in [0.15, 0.2) is 0 Å². The van der Waals surface area contributed by atoms with Gasteiger partial charge in [-0.2, -0.15) is 0 Å². The van der Waals surface area contributed by atoms with E-state index in [1.54, 1.807) is 0 Å². The first kappa shape index (κ1) is 13.0. The van der Waals surface area contributed by atoms with Crippen molar-refractivity contribution in [2.45, 2.75) is 38.6 Å². The van der Waals surface area contributed by atoms with E-state index in [2.05, 4.69) is 21.2 Å². The summed E-state index contributed by atoms with van der Waals surface area (Å²) >= 11 is 3.50. The third kappa shape index (κ3) is 3.45. The highest BCUT2D eigenvalue weighted by Gasteiger charge is 2.33. The van der Waals surface area contributed by atoms with Gasteiger partial charge in [-0.3, -0.25) is 4.79 Å². The third-order valence-corrected chi connectivity index (χ3v) is 4.23. The molecule has 0 aromatic carbocycles. The van der Waals surface area contributed by atoms with Crippen molar-refractivity contribution in [1.82, 2.24) is 5.32 Å². The Labute approximate surface area is 100 Å². The summed E-state index contributed by atoms with van der Waals surface area (Å²) < 4.78 is 5.32. The zero-order valence-electron chi connectivity index (χ0n) is 9.51. The minimum atomic E-state index is -0.0846. The standard InChI is InChI=1S/C11H20BrNO2/c1-3-9(2)10(14)13-11(8-12)4-6-15-7-5-11/h9H,3-8H2,1-2H3,(H,13,14). The Hall–Kier alpha value is -0.0900. The van der Waals surface area contributed by atoms with Crippen LogP contribution in [0.2, 0.25) is 0 Å². The van der Waals surface area contributed by atoms with Crippen molar-refractivity contribution in [1.29, 1.82) is 0 Å². The van der Waals surface area contributed by atoms with Crippen LogP contribution < -0.4 is 5.32 Å². The molecule has 0 saturated carbocycles. The van der Waals surface area contributed by atoms with Crippen LogP contribution in [-0.4, -0.2) is 30.0 Å². The summed E-state index contributed by atoms with van der Waals surface area (Å²) in [5.41, 5.74) is -0.0846. The highest BCUT2D eigenvalue weighted by atomic mass is 79.9. The lowest BCUT2D eigenvalue weighted by atomic mass is 9.91. The lowest BCUT2D eigenvalue weighted by Crippen LogP contribution is -2.54. The minimum Gasteiger partial charge on any atom is -0.381 e. The molecule has 88 valence electrons. The largest absolute Gasteiger partial charge is 0.381 e. The fraction of sp³-hybridized carbons (Fsp3) is 0.909. The number of ether oxygens (including phenoxy) is 1. The molecule has 1 saturated heterocycles. The van der Waals surface area contributed by atoms with Gasteiger partial charge < -0.3 is 10.1 Å². The predicted molar refractivity (Wildman–Crippen MR) is 64.2 cm³/mol. The van der Waals surface area contributed by atoms with Crippen molar-refractivity contribution in [2.24, 2.45) is 5.92 Å². The molecule has 0 aromatic rings. The molecule has 1 atom stereocenters. The maximum absolute atomic E-state index is 11.8. The van der Waals surface area contributed by atoms with E-state index in [0.29, 0.717) is 0 Å². The molecule has 1 amide bonds. The minimum absolute atomic E-state index is 0.0846. The van der Waals surface area contributed by atoms with Crippen LogP contribution in [0.25, 0.3) is 0 Å². The van der Waals surface area contributed by atoms with E-state index in [9.17, 15) is 4.79 Å². The number of halogens is 1. The van der Waals surface area contributed by atoms with Gasteiger partial charge in [0.25, 0.3) is 0 Å². The summed E-state index contributed by atoms with van der Waals surface area (Å²) in [4.78, 5) is 11.8. The highest BCUT2D eigenvalue weighted by molar-refractivity contribution is 9.09. The molecule has 1 N–H and O–H groups in total.